The van der Waals surface area contributed by atoms with Crippen LogP contribution in [0, 0.1) is 0 Å². The number of hydrogen-bond acceptors (Lipinski definition) is 3. The van der Waals surface area contributed by atoms with E-state index in [2.05, 4.69) is 62.9 Å². The normalized spacial score (nSPS) is 13.0. The summed E-state index contributed by atoms with van der Waals surface area (Å²) in [6, 6.07) is 0. The van der Waals surface area contributed by atoms with E-state index in [4.69, 9.17) is 5.11 Å². The number of allylic oxidation sites excluding steroid dienone is 3. The van der Waals surface area contributed by atoms with Crippen LogP contribution in [0.25, 0.3) is 0 Å². The molecular formula is C16H31ClN2O. The maximum atomic E-state index is 8.94. The third-order valence-electron chi connectivity index (χ3n) is 2.66. The van der Waals surface area contributed by atoms with Crippen LogP contribution in [-0.4, -0.2) is 41.5 Å². The molecule has 0 atom stereocenters. The first-order chi connectivity index (χ1) is 8.92. The van der Waals surface area contributed by atoms with Crippen LogP contribution in [-0.2, 0) is 0 Å². The van der Waals surface area contributed by atoms with Crippen LogP contribution in [0.15, 0.2) is 28.9 Å². The molecule has 0 saturated heterocycles. The van der Waals surface area contributed by atoms with Crippen molar-refractivity contribution >= 4 is 18.6 Å². The van der Waals surface area contributed by atoms with E-state index in [9.17, 15) is 0 Å². The highest BCUT2D eigenvalue weighted by Gasteiger charge is 2.05. The van der Waals surface area contributed by atoms with E-state index in [0.717, 1.165) is 31.5 Å². The highest BCUT2D eigenvalue weighted by Crippen LogP contribution is 2.09. The fourth-order valence-electron chi connectivity index (χ4n) is 1.47. The van der Waals surface area contributed by atoms with Gasteiger partial charge < -0.3 is 10.0 Å². The minimum atomic E-state index is -0.0547. The van der Waals surface area contributed by atoms with Gasteiger partial charge >= 0.3 is 0 Å². The quantitative estimate of drug-likeness (QED) is 0.546. The standard InChI is InChI=1S/C16H30N2O.ClH/c1-6-18(7-2)12-8-10-15(11-9-13-19)14-17-16(3,4)5;/h8,10,12,14,19H,6-7,9,11,13H2,1-5H3;1H/b12-8+,15-10+,17-14?;. The van der Waals surface area contributed by atoms with Gasteiger partial charge in [0.1, 0.15) is 0 Å². The second-order valence-electron chi connectivity index (χ2n) is 5.56. The predicted octanol–water partition coefficient (Wildman–Crippen LogP) is 3.83. The minimum Gasteiger partial charge on any atom is -0.396 e. The van der Waals surface area contributed by atoms with E-state index >= 15 is 0 Å². The van der Waals surface area contributed by atoms with Gasteiger partial charge in [-0.2, -0.15) is 0 Å². The molecule has 0 radical (unpaired) electrons. The Labute approximate surface area is 130 Å². The lowest BCUT2D eigenvalue weighted by atomic mass is 10.1. The van der Waals surface area contributed by atoms with Crippen LogP contribution in [0.5, 0.6) is 0 Å². The number of rotatable bonds is 8. The second kappa shape index (κ2) is 12.0. The molecule has 0 aromatic rings. The maximum absolute atomic E-state index is 8.94. The van der Waals surface area contributed by atoms with Gasteiger partial charge in [-0.05, 0) is 65.3 Å². The molecule has 20 heavy (non-hydrogen) atoms. The van der Waals surface area contributed by atoms with E-state index in [1.165, 1.54) is 0 Å². The van der Waals surface area contributed by atoms with E-state index in [1.54, 1.807) is 0 Å². The molecule has 0 aliphatic rings. The zero-order valence-corrected chi connectivity index (χ0v) is 14.4. The SMILES string of the molecule is CCN(/C=C/C=C(/C=NC(C)(C)C)CCCO)CC.Cl. The maximum Gasteiger partial charge on any atom is 0.0524 e. The van der Waals surface area contributed by atoms with Gasteiger partial charge in [0.05, 0.1) is 5.54 Å². The number of halogens is 1. The molecule has 0 bridgehead atoms. The third-order valence-corrected chi connectivity index (χ3v) is 2.66. The molecule has 4 heteroatoms. The Balaban J connectivity index is 0. The Kier molecular flexibility index (Phi) is 12.9. The summed E-state index contributed by atoms with van der Waals surface area (Å²) >= 11 is 0. The van der Waals surface area contributed by atoms with Crippen molar-refractivity contribution in [1.29, 1.82) is 0 Å². The Bertz CT molecular complexity index is 313. The number of aliphatic hydroxyl groups is 1. The third kappa shape index (κ3) is 12.2. The molecule has 1 N–H and O–H groups in total. The molecule has 0 aliphatic carbocycles. The number of aliphatic hydroxyl groups excluding tert-OH is 1. The smallest absolute Gasteiger partial charge is 0.0524 e. The summed E-state index contributed by atoms with van der Waals surface area (Å²) in [4.78, 5) is 6.76. The number of aliphatic imine (C=N–C) groups is 1. The molecule has 0 spiro atoms. The molecular weight excluding hydrogens is 272 g/mol. The van der Waals surface area contributed by atoms with Crippen LogP contribution < -0.4 is 0 Å². The van der Waals surface area contributed by atoms with Gasteiger partial charge in [-0.15, -0.1) is 12.4 Å². The average molecular weight is 303 g/mol. The Morgan fingerprint density at radius 2 is 1.80 bits per heavy atom. The van der Waals surface area contributed by atoms with E-state index < -0.39 is 0 Å². The molecule has 0 aromatic carbocycles. The summed E-state index contributed by atoms with van der Waals surface area (Å²) < 4.78 is 0. The van der Waals surface area contributed by atoms with Crippen LogP contribution in [0.2, 0.25) is 0 Å². The van der Waals surface area contributed by atoms with Gasteiger partial charge in [0, 0.05) is 25.9 Å². The van der Waals surface area contributed by atoms with E-state index in [0.29, 0.717) is 0 Å². The topological polar surface area (TPSA) is 35.8 Å². The minimum absolute atomic E-state index is 0. The summed E-state index contributed by atoms with van der Waals surface area (Å²) in [5.74, 6) is 0. The monoisotopic (exact) mass is 302 g/mol. The van der Waals surface area contributed by atoms with Crippen LogP contribution in [0.1, 0.15) is 47.5 Å². The fraction of sp³-hybridized carbons (Fsp3) is 0.688. The van der Waals surface area contributed by atoms with Crippen LogP contribution in [0.4, 0.5) is 0 Å². The van der Waals surface area contributed by atoms with E-state index in [-0.39, 0.29) is 24.6 Å². The van der Waals surface area contributed by atoms with Crippen molar-refractivity contribution in [3.63, 3.8) is 0 Å². The Morgan fingerprint density at radius 1 is 1.20 bits per heavy atom. The van der Waals surface area contributed by atoms with Gasteiger partial charge in [0.15, 0.2) is 0 Å². The highest BCUT2D eigenvalue weighted by molar-refractivity contribution is 5.85. The van der Waals surface area contributed by atoms with Gasteiger partial charge in [-0.1, -0.05) is 6.08 Å². The largest absolute Gasteiger partial charge is 0.396 e. The molecule has 0 heterocycles. The average Bonchev–Trinajstić information content (AvgIpc) is 2.36. The molecule has 3 nitrogen and oxygen atoms in total. The highest BCUT2D eigenvalue weighted by atomic mass is 35.5. The zero-order chi connectivity index (χ0) is 14.7. The van der Waals surface area contributed by atoms with Crippen molar-refractivity contribution < 1.29 is 5.11 Å². The van der Waals surface area contributed by atoms with Crippen molar-refractivity contribution in [3.05, 3.63) is 23.9 Å². The summed E-state index contributed by atoms with van der Waals surface area (Å²) in [5.41, 5.74) is 1.10. The van der Waals surface area contributed by atoms with Gasteiger partial charge in [-0.3, -0.25) is 4.99 Å². The fourth-order valence-corrected chi connectivity index (χ4v) is 1.47. The van der Waals surface area contributed by atoms with Gasteiger partial charge in [0.25, 0.3) is 0 Å². The van der Waals surface area contributed by atoms with Gasteiger partial charge in [-0.25, -0.2) is 0 Å². The first-order valence-electron chi connectivity index (χ1n) is 7.20. The first kappa shape index (κ1) is 21.5. The molecule has 118 valence electrons. The molecule has 0 aliphatic heterocycles. The molecule has 0 unspecified atom stereocenters. The summed E-state index contributed by atoms with van der Waals surface area (Å²) in [6.45, 7) is 12.8. The van der Waals surface area contributed by atoms with Crippen molar-refractivity contribution in [3.8, 4) is 0 Å². The first-order valence-corrected chi connectivity index (χ1v) is 7.20. The lowest BCUT2D eigenvalue weighted by Crippen LogP contribution is -2.14. The lowest BCUT2D eigenvalue weighted by molar-refractivity contribution is 0.289. The molecule has 0 rings (SSSR count). The molecule has 0 saturated carbocycles. The Hall–Kier alpha value is -0.800. The number of nitrogens with zero attached hydrogens (tertiary/aromatic N) is 2. The van der Waals surface area contributed by atoms with Crippen molar-refractivity contribution in [2.75, 3.05) is 19.7 Å². The van der Waals surface area contributed by atoms with E-state index in [1.807, 2.05) is 6.21 Å². The van der Waals surface area contributed by atoms with Crippen LogP contribution >= 0.6 is 12.4 Å². The van der Waals surface area contributed by atoms with Crippen LogP contribution in [0.3, 0.4) is 0 Å². The summed E-state index contributed by atoms with van der Waals surface area (Å²) in [7, 11) is 0. The molecule has 0 aromatic heterocycles. The second-order valence-corrected chi connectivity index (χ2v) is 5.56. The molecule has 0 fully saturated rings. The predicted molar refractivity (Wildman–Crippen MR) is 92.0 cm³/mol. The van der Waals surface area contributed by atoms with Gasteiger partial charge in [0.2, 0.25) is 0 Å². The van der Waals surface area contributed by atoms with Crippen molar-refractivity contribution in [1.82, 2.24) is 4.90 Å². The van der Waals surface area contributed by atoms with Crippen molar-refractivity contribution in [2.24, 2.45) is 4.99 Å². The Morgan fingerprint density at radius 3 is 2.25 bits per heavy atom. The summed E-state index contributed by atoms with van der Waals surface area (Å²) in [6.07, 6.45) is 9.82. The summed E-state index contributed by atoms with van der Waals surface area (Å²) in [5, 5.41) is 8.94. The van der Waals surface area contributed by atoms with Crippen molar-refractivity contribution in [2.45, 2.75) is 53.0 Å². The zero-order valence-electron chi connectivity index (χ0n) is 13.6. The molecule has 0 amide bonds. The lowest BCUT2D eigenvalue weighted by Gasteiger charge is -2.14. The number of hydrogen-bond donors (Lipinski definition) is 1.